The Kier molecular flexibility index (Phi) is 3.87. The lowest BCUT2D eigenvalue weighted by Gasteiger charge is -2.04. The molecular formula is C19H13N3O2S. The molecule has 0 saturated heterocycles. The van der Waals surface area contributed by atoms with Gasteiger partial charge in [-0.15, -0.1) is 11.3 Å². The number of pyridine rings is 1. The number of aromatic nitrogens is 2. The molecule has 0 aliphatic carbocycles. The van der Waals surface area contributed by atoms with E-state index in [0.717, 1.165) is 22.0 Å². The van der Waals surface area contributed by atoms with Crippen molar-refractivity contribution in [3.05, 3.63) is 83.1 Å². The van der Waals surface area contributed by atoms with Gasteiger partial charge in [0, 0.05) is 23.1 Å². The van der Waals surface area contributed by atoms with E-state index in [2.05, 4.69) is 22.4 Å². The number of amides is 1. The van der Waals surface area contributed by atoms with E-state index in [4.69, 9.17) is 0 Å². The maximum atomic E-state index is 12.2. The molecule has 0 saturated carbocycles. The van der Waals surface area contributed by atoms with Crippen LogP contribution in [0.1, 0.15) is 10.5 Å². The summed E-state index contributed by atoms with van der Waals surface area (Å²) in [6, 6.07) is 18.8. The molecule has 5 nitrogen and oxygen atoms in total. The number of rotatable bonds is 3. The molecule has 1 N–H and O–H groups in total. The number of nitrogens with one attached hydrogen (secondary N) is 1. The van der Waals surface area contributed by atoms with Crippen molar-refractivity contribution in [2.24, 2.45) is 0 Å². The van der Waals surface area contributed by atoms with E-state index in [1.165, 1.54) is 23.6 Å². The minimum atomic E-state index is -0.477. The Morgan fingerprint density at radius 1 is 1.04 bits per heavy atom. The zero-order valence-corrected chi connectivity index (χ0v) is 13.9. The van der Waals surface area contributed by atoms with Gasteiger partial charge in [0.05, 0.1) is 5.69 Å². The van der Waals surface area contributed by atoms with Crippen molar-refractivity contribution in [1.29, 1.82) is 0 Å². The number of anilines is 1. The number of nitrogens with zero attached hydrogens (tertiary/aromatic N) is 2. The zero-order valence-electron chi connectivity index (χ0n) is 13.0. The lowest BCUT2D eigenvalue weighted by atomic mass is 10.0. The largest absolute Gasteiger partial charge is 0.618 e. The van der Waals surface area contributed by atoms with E-state index in [-0.39, 0.29) is 5.69 Å². The van der Waals surface area contributed by atoms with E-state index in [0.29, 0.717) is 9.86 Å². The molecule has 0 atom stereocenters. The van der Waals surface area contributed by atoms with E-state index in [1.807, 2.05) is 35.7 Å². The Hall–Kier alpha value is -3.25. The van der Waals surface area contributed by atoms with Crippen molar-refractivity contribution in [3.8, 4) is 11.3 Å². The first kappa shape index (κ1) is 15.3. The van der Waals surface area contributed by atoms with Crippen molar-refractivity contribution in [2.75, 3.05) is 5.32 Å². The van der Waals surface area contributed by atoms with E-state index in [9.17, 15) is 10.0 Å². The molecule has 2 aromatic heterocycles. The number of fused-ring (bicyclic) bond motifs is 1. The van der Waals surface area contributed by atoms with Gasteiger partial charge in [0.15, 0.2) is 11.3 Å². The van der Waals surface area contributed by atoms with Crippen LogP contribution in [0.25, 0.3) is 22.0 Å². The molecule has 4 rings (SSSR count). The predicted octanol–water partition coefficient (Wildman–Crippen LogP) is 3.85. The third-order valence-corrected chi connectivity index (χ3v) is 4.60. The summed E-state index contributed by atoms with van der Waals surface area (Å²) in [4.78, 5) is 16.7. The number of benzene rings is 2. The second kappa shape index (κ2) is 6.33. The molecule has 0 bridgehead atoms. The highest BCUT2D eigenvalue weighted by molar-refractivity contribution is 7.14. The fourth-order valence-corrected chi connectivity index (χ4v) is 3.37. The molecule has 0 radical (unpaired) electrons. The Balaban J connectivity index is 1.64. The lowest BCUT2D eigenvalue weighted by molar-refractivity contribution is -0.607. The molecular weight excluding hydrogens is 334 g/mol. The summed E-state index contributed by atoms with van der Waals surface area (Å²) in [7, 11) is 0. The number of carbonyl (C=O) groups excluding carboxylic acids is 1. The van der Waals surface area contributed by atoms with Gasteiger partial charge in [-0.25, -0.2) is 4.98 Å². The van der Waals surface area contributed by atoms with Crippen LogP contribution in [0.5, 0.6) is 0 Å². The summed E-state index contributed by atoms with van der Waals surface area (Å²) < 4.78 is 0.536. The smallest absolute Gasteiger partial charge is 0.323 e. The third-order valence-electron chi connectivity index (χ3n) is 3.85. The number of hydrogen-bond acceptors (Lipinski definition) is 4. The second-order valence-electron chi connectivity index (χ2n) is 5.43. The maximum Gasteiger partial charge on any atom is 0.323 e. The third kappa shape index (κ3) is 2.95. The molecule has 0 unspecified atom stereocenters. The fourth-order valence-electron chi connectivity index (χ4n) is 2.67. The van der Waals surface area contributed by atoms with E-state index < -0.39 is 5.91 Å². The SMILES string of the molecule is O=C(Nc1nc(-c2cccc3ccccc23)cs1)c1cccc[n+]1[O-]. The highest BCUT2D eigenvalue weighted by Crippen LogP contribution is 2.31. The maximum absolute atomic E-state index is 12.2. The van der Waals surface area contributed by atoms with Crippen LogP contribution >= 0.6 is 11.3 Å². The molecule has 0 aliphatic heterocycles. The summed E-state index contributed by atoms with van der Waals surface area (Å²) >= 11 is 1.33. The summed E-state index contributed by atoms with van der Waals surface area (Å²) in [5, 5.41) is 18.9. The molecule has 0 spiro atoms. The predicted molar refractivity (Wildman–Crippen MR) is 98.4 cm³/mol. The minimum absolute atomic E-state index is 0.0319. The van der Waals surface area contributed by atoms with Gasteiger partial charge >= 0.3 is 5.91 Å². The molecule has 2 aromatic carbocycles. The van der Waals surface area contributed by atoms with Crippen molar-refractivity contribution in [3.63, 3.8) is 0 Å². The van der Waals surface area contributed by atoms with Crippen LogP contribution in [-0.2, 0) is 0 Å². The van der Waals surface area contributed by atoms with Crippen molar-refractivity contribution in [2.45, 2.75) is 0 Å². The van der Waals surface area contributed by atoms with Gasteiger partial charge in [0.2, 0.25) is 0 Å². The van der Waals surface area contributed by atoms with E-state index in [1.54, 1.807) is 12.1 Å². The Morgan fingerprint density at radius 3 is 2.72 bits per heavy atom. The zero-order chi connectivity index (χ0) is 17.2. The molecule has 122 valence electrons. The van der Waals surface area contributed by atoms with Gasteiger partial charge in [-0.3, -0.25) is 10.1 Å². The molecule has 25 heavy (non-hydrogen) atoms. The highest BCUT2D eigenvalue weighted by Gasteiger charge is 2.17. The Labute approximate surface area is 147 Å². The molecule has 2 heterocycles. The summed E-state index contributed by atoms with van der Waals surface area (Å²) in [6.45, 7) is 0. The molecule has 0 fully saturated rings. The summed E-state index contributed by atoms with van der Waals surface area (Å²) in [5.41, 5.74) is 1.83. The molecule has 4 aromatic rings. The van der Waals surface area contributed by atoms with E-state index >= 15 is 0 Å². The Bertz CT molecular complexity index is 1070. The second-order valence-corrected chi connectivity index (χ2v) is 6.29. The molecule has 6 heteroatoms. The minimum Gasteiger partial charge on any atom is -0.618 e. The number of thiazole rings is 1. The van der Waals surface area contributed by atoms with Gasteiger partial charge < -0.3 is 5.21 Å². The van der Waals surface area contributed by atoms with Crippen LogP contribution in [0.2, 0.25) is 0 Å². The fraction of sp³-hybridized carbons (Fsp3) is 0. The van der Waals surface area contributed by atoms with Crippen molar-refractivity contribution >= 4 is 33.1 Å². The monoisotopic (exact) mass is 347 g/mol. The van der Waals surface area contributed by atoms with Crippen LogP contribution in [0.15, 0.2) is 72.2 Å². The standard InChI is InChI=1S/C19H13N3O2S/c23-18(17-10-3-4-11-22(17)24)21-19-20-16(12-25-19)15-9-5-7-13-6-1-2-8-14(13)15/h1-12H,(H,20,21,23). The van der Waals surface area contributed by atoms with Gasteiger partial charge in [0.1, 0.15) is 0 Å². The van der Waals surface area contributed by atoms with Gasteiger partial charge in [0.25, 0.3) is 5.69 Å². The van der Waals surface area contributed by atoms with Gasteiger partial charge in [-0.1, -0.05) is 42.5 Å². The first-order chi connectivity index (χ1) is 12.2. The number of carbonyl (C=O) groups is 1. The average Bonchev–Trinajstić information content (AvgIpc) is 3.10. The van der Waals surface area contributed by atoms with Crippen LogP contribution in [0.3, 0.4) is 0 Å². The van der Waals surface area contributed by atoms with Crippen molar-refractivity contribution in [1.82, 2.24) is 4.98 Å². The highest BCUT2D eigenvalue weighted by atomic mass is 32.1. The van der Waals surface area contributed by atoms with Crippen LogP contribution < -0.4 is 10.0 Å². The van der Waals surface area contributed by atoms with Crippen LogP contribution in [0.4, 0.5) is 5.13 Å². The topological polar surface area (TPSA) is 68.9 Å². The molecule has 1 amide bonds. The van der Waals surface area contributed by atoms with Gasteiger partial charge in [-0.2, -0.15) is 4.73 Å². The quantitative estimate of drug-likeness (QED) is 0.452. The normalized spacial score (nSPS) is 10.7. The first-order valence-corrected chi connectivity index (χ1v) is 8.53. The lowest BCUT2D eigenvalue weighted by Crippen LogP contribution is -2.36. The Morgan fingerprint density at radius 2 is 1.84 bits per heavy atom. The van der Waals surface area contributed by atoms with Crippen molar-refractivity contribution < 1.29 is 9.52 Å². The van der Waals surface area contributed by atoms with Gasteiger partial charge in [-0.05, 0) is 16.8 Å². The average molecular weight is 347 g/mol. The first-order valence-electron chi connectivity index (χ1n) is 7.65. The summed E-state index contributed by atoms with van der Waals surface area (Å²) in [6.07, 6.45) is 1.29. The molecule has 0 aliphatic rings. The summed E-state index contributed by atoms with van der Waals surface area (Å²) in [5.74, 6) is -0.477. The van der Waals surface area contributed by atoms with Crippen LogP contribution in [-0.4, -0.2) is 10.9 Å². The van der Waals surface area contributed by atoms with Crippen LogP contribution in [0, 0.1) is 5.21 Å². The number of hydrogen-bond donors (Lipinski definition) is 1.